The van der Waals surface area contributed by atoms with Gasteiger partial charge in [-0.25, -0.2) is 0 Å². The summed E-state index contributed by atoms with van der Waals surface area (Å²) in [6, 6.07) is 24.7. The molecule has 2 heteroatoms. The Morgan fingerprint density at radius 2 is 0.900 bits per heavy atom. The maximum atomic E-state index is 13.1. The molecule has 0 unspecified atom stereocenters. The summed E-state index contributed by atoms with van der Waals surface area (Å²) in [5.74, 6) is 0. The lowest BCUT2D eigenvalue weighted by Crippen LogP contribution is -2.23. The molecule has 0 saturated carbocycles. The van der Waals surface area contributed by atoms with Gasteiger partial charge in [0.25, 0.3) is 0 Å². The van der Waals surface area contributed by atoms with Crippen molar-refractivity contribution >= 4 is 75.4 Å². The number of hydrogen-bond acceptors (Lipinski definition) is 2. The van der Waals surface area contributed by atoms with Gasteiger partial charge in [0.05, 0.1) is 0 Å². The first-order chi connectivity index (χ1) is 14.7. The van der Waals surface area contributed by atoms with Crippen molar-refractivity contribution in [3.8, 4) is 0 Å². The molecule has 0 atom stereocenters. The Balaban J connectivity index is 2.00. The van der Waals surface area contributed by atoms with Gasteiger partial charge in [-0.2, -0.15) is 0 Å². The summed E-state index contributed by atoms with van der Waals surface area (Å²) in [6.45, 7) is 0. The van der Waals surface area contributed by atoms with Crippen molar-refractivity contribution in [2.75, 3.05) is 0 Å². The van der Waals surface area contributed by atoms with Crippen molar-refractivity contribution in [2.24, 2.45) is 0 Å². The van der Waals surface area contributed by atoms with E-state index < -0.39 is 10.9 Å². The van der Waals surface area contributed by atoms with E-state index in [1.807, 2.05) is 12.1 Å². The molecule has 0 bridgehead atoms. The highest BCUT2D eigenvalue weighted by Crippen LogP contribution is 2.49. The van der Waals surface area contributed by atoms with Gasteiger partial charge in [-0.1, -0.05) is 54.6 Å². The Labute approximate surface area is 168 Å². The molecule has 8 aromatic carbocycles. The lowest BCUT2D eigenvalue weighted by molar-refractivity contribution is 1.58. The molecule has 8 rings (SSSR count). The summed E-state index contributed by atoms with van der Waals surface area (Å²) in [5, 5.41) is 15.0. The molecule has 0 saturated heterocycles. The molecular formula is C28H12O2. The zero-order valence-corrected chi connectivity index (χ0v) is 15.7. The zero-order valence-electron chi connectivity index (χ0n) is 15.7. The highest BCUT2D eigenvalue weighted by Gasteiger charge is 2.23. The van der Waals surface area contributed by atoms with Crippen LogP contribution in [0, 0.1) is 0 Å². The first-order valence-electron chi connectivity index (χ1n) is 10.1. The molecule has 30 heavy (non-hydrogen) atoms. The quantitative estimate of drug-likeness (QED) is 0.177. The van der Waals surface area contributed by atoms with Crippen molar-refractivity contribution in [1.82, 2.24) is 0 Å². The van der Waals surface area contributed by atoms with Crippen LogP contribution in [0.5, 0.6) is 0 Å². The van der Waals surface area contributed by atoms with Crippen LogP contribution >= 0.6 is 0 Å². The summed E-state index contributed by atoms with van der Waals surface area (Å²) in [4.78, 5) is 25.8. The third kappa shape index (κ3) is 1.43. The van der Waals surface area contributed by atoms with Crippen LogP contribution in [-0.4, -0.2) is 0 Å². The average Bonchev–Trinajstić information content (AvgIpc) is 2.77. The van der Waals surface area contributed by atoms with E-state index in [4.69, 9.17) is 0 Å². The Morgan fingerprint density at radius 3 is 1.53 bits per heavy atom. The summed E-state index contributed by atoms with van der Waals surface area (Å²) >= 11 is 0. The maximum Gasteiger partial charge on any atom is 0.234 e. The number of hydrogen-bond donors (Lipinski definition) is 0. The van der Waals surface area contributed by atoms with Gasteiger partial charge >= 0.3 is 0 Å². The second-order valence-electron chi connectivity index (χ2n) is 8.39. The summed E-state index contributed by atoms with van der Waals surface area (Å²) in [6.07, 6.45) is 0. The van der Waals surface area contributed by atoms with E-state index in [1.165, 1.54) is 38.4 Å². The van der Waals surface area contributed by atoms with Crippen LogP contribution in [0.25, 0.3) is 75.4 Å². The van der Waals surface area contributed by atoms with Crippen LogP contribution in [-0.2, 0) is 0 Å². The second kappa shape index (κ2) is 4.58. The SMILES string of the molecule is O=c1cc2cc3cccc4c5cccc6cc7cccc8c(c1=O)c2c(c34)c(c65)c78. The number of benzene rings is 8. The average molecular weight is 380 g/mol. The molecule has 136 valence electrons. The number of fused-ring (bicyclic) bond motifs is 2. The maximum absolute atomic E-state index is 13.1. The van der Waals surface area contributed by atoms with Gasteiger partial charge < -0.3 is 0 Å². The van der Waals surface area contributed by atoms with Gasteiger partial charge in [-0.3, -0.25) is 9.59 Å². The highest BCUT2D eigenvalue weighted by atomic mass is 16.2. The standard InChI is InChI=1S/C28H12O2/c29-20-12-16-11-15-5-2-8-18-17-7-1-4-13-10-14-6-3-9-19-23(14)26(21(13)17)27(22(15)18)24(16)25(19)28(20)30/h1-12H. The smallest absolute Gasteiger partial charge is 0.234 e. The topological polar surface area (TPSA) is 34.1 Å². The van der Waals surface area contributed by atoms with E-state index in [1.54, 1.807) is 0 Å². The Bertz CT molecular complexity index is 2080. The van der Waals surface area contributed by atoms with Gasteiger partial charge in [-0.05, 0) is 77.4 Å². The van der Waals surface area contributed by atoms with Crippen molar-refractivity contribution in [1.29, 1.82) is 0 Å². The van der Waals surface area contributed by atoms with Crippen molar-refractivity contribution < 1.29 is 0 Å². The Morgan fingerprint density at radius 1 is 0.400 bits per heavy atom. The third-order valence-electron chi connectivity index (χ3n) is 7.00. The fourth-order valence-electron chi connectivity index (χ4n) is 5.95. The van der Waals surface area contributed by atoms with E-state index in [0.717, 1.165) is 37.7 Å². The minimum absolute atomic E-state index is 0.396. The molecule has 0 fully saturated rings. The molecule has 0 aliphatic heterocycles. The predicted octanol–water partition coefficient (Wildman–Crippen LogP) is 6.23. The Kier molecular flexibility index (Phi) is 2.27. The van der Waals surface area contributed by atoms with Crippen LogP contribution < -0.4 is 10.9 Å². The van der Waals surface area contributed by atoms with Crippen LogP contribution in [0.1, 0.15) is 0 Å². The van der Waals surface area contributed by atoms with Gasteiger partial charge in [0.15, 0.2) is 0 Å². The van der Waals surface area contributed by atoms with E-state index in [-0.39, 0.29) is 0 Å². The van der Waals surface area contributed by atoms with E-state index in [9.17, 15) is 9.59 Å². The van der Waals surface area contributed by atoms with Crippen LogP contribution in [0.2, 0.25) is 0 Å². The van der Waals surface area contributed by atoms with Crippen molar-refractivity contribution in [3.63, 3.8) is 0 Å². The monoisotopic (exact) mass is 380 g/mol. The molecule has 8 aromatic rings. The molecule has 0 heterocycles. The molecule has 2 nitrogen and oxygen atoms in total. The van der Waals surface area contributed by atoms with Crippen molar-refractivity contribution in [3.05, 3.63) is 93.2 Å². The van der Waals surface area contributed by atoms with Crippen LogP contribution in [0.3, 0.4) is 0 Å². The first-order valence-corrected chi connectivity index (χ1v) is 10.1. The van der Waals surface area contributed by atoms with Crippen LogP contribution in [0.4, 0.5) is 0 Å². The van der Waals surface area contributed by atoms with Gasteiger partial charge in [-0.15, -0.1) is 0 Å². The summed E-state index contributed by atoms with van der Waals surface area (Å²) in [7, 11) is 0. The van der Waals surface area contributed by atoms with E-state index in [2.05, 4.69) is 54.6 Å². The molecule has 0 amide bonds. The molecule has 0 spiro atoms. The highest BCUT2D eigenvalue weighted by molar-refractivity contribution is 6.48. The van der Waals surface area contributed by atoms with Gasteiger partial charge in [0, 0.05) is 16.2 Å². The van der Waals surface area contributed by atoms with E-state index in [0.29, 0.717) is 5.39 Å². The lowest BCUT2D eigenvalue weighted by Gasteiger charge is -2.21. The lowest BCUT2D eigenvalue weighted by atomic mass is 9.81. The largest absolute Gasteiger partial charge is 0.286 e. The fraction of sp³-hybridized carbons (Fsp3) is 0. The number of rotatable bonds is 0. The minimum Gasteiger partial charge on any atom is -0.286 e. The summed E-state index contributed by atoms with van der Waals surface area (Å²) < 4.78 is 0. The van der Waals surface area contributed by atoms with Gasteiger partial charge in [0.2, 0.25) is 10.9 Å². The normalized spacial score (nSPS) is 12.9. The minimum atomic E-state index is -0.432. The molecular weight excluding hydrogens is 368 g/mol. The molecule has 0 N–H and O–H groups in total. The predicted molar refractivity (Wildman–Crippen MR) is 126 cm³/mol. The van der Waals surface area contributed by atoms with Crippen LogP contribution in [0.15, 0.2) is 82.4 Å². The molecule has 0 aliphatic rings. The third-order valence-corrected chi connectivity index (χ3v) is 7.00. The zero-order chi connectivity index (χ0) is 19.7. The molecule has 0 aliphatic carbocycles. The fourth-order valence-corrected chi connectivity index (χ4v) is 5.95. The second-order valence-corrected chi connectivity index (χ2v) is 8.39. The molecule has 0 radical (unpaired) electrons. The summed E-state index contributed by atoms with van der Waals surface area (Å²) in [5.41, 5.74) is -0.828. The van der Waals surface area contributed by atoms with Gasteiger partial charge in [0.1, 0.15) is 0 Å². The first kappa shape index (κ1) is 14.9. The Hall–Kier alpha value is -4.04. The molecule has 0 aromatic heterocycles. The van der Waals surface area contributed by atoms with Crippen molar-refractivity contribution in [2.45, 2.75) is 0 Å². The van der Waals surface area contributed by atoms with E-state index >= 15 is 0 Å².